The van der Waals surface area contributed by atoms with Crippen LogP contribution in [0.3, 0.4) is 0 Å². The van der Waals surface area contributed by atoms with Gasteiger partial charge in [-0.3, -0.25) is 0 Å². The number of amides is 1. The summed E-state index contributed by atoms with van der Waals surface area (Å²) in [6.45, 7) is 12.1. The first-order valence-corrected chi connectivity index (χ1v) is 8.47. The molecule has 0 heterocycles. The second-order valence-corrected chi connectivity index (χ2v) is 7.74. The number of ether oxygens (including phenoxy) is 1. The molecular formula is C19H30N2O2. The van der Waals surface area contributed by atoms with Crippen molar-refractivity contribution < 1.29 is 9.53 Å². The van der Waals surface area contributed by atoms with Crippen LogP contribution < -0.4 is 10.6 Å². The van der Waals surface area contributed by atoms with Crippen molar-refractivity contribution in [1.82, 2.24) is 10.6 Å². The van der Waals surface area contributed by atoms with Crippen molar-refractivity contribution in [3.8, 4) is 0 Å². The largest absolute Gasteiger partial charge is 0.444 e. The zero-order valence-electron chi connectivity index (χ0n) is 15.2. The van der Waals surface area contributed by atoms with Gasteiger partial charge < -0.3 is 15.4 Å². The van der Waals surface area contributed by atoms with Gasteiger partial charge in [0.1, 0.15) is 5.60 Å². The van der Waals surface area contributed by atoms with Gasteiger partial charge in [0.25, 0.3) is 0 Å². The van der Waals surface area contributed by atoms with Crippen molar-refractivity contribution in [3.05, 3.63) is 34.9 Å². The maximum atomic E-state index is 11.7. The highest BCUT2D eigenvalue weighted by Crippen LogP contribution is 2.25. The number of rotatable bonds is 4. The fourth-order valence-electron chi connectivity index (χ4n) is 2.83. The number of hydrogen-bond acceptors (Lipinski definition) is 3. The zero-order valence-corrected chi connectivity index (χ0v) is 15.2. The van der Waals surface area contributed by atoms with Crippen LogP contribution >= 0.6 is 0 Å². The van der Waals surface area contributed by atoms with Gasteiger partial charge in [0.2, 0.25) is 0 Å². The molecule has 1 saturated carbocycles. The van der Waals surface area contributed by atoms with E-state index in [-0.39, 0.29) is 12.1 Å². The second-order valence-electron chi connectivity index (χ2n) is 7.74. The van der Waals surface area contributed by atoms with Gasteiger partial charge in [0.05, 0.1) is 0 Å². The summed E-state index contributed by atoms with van der Waals surface area (Å²) in [5.41, 5.74) is 3.53. The van der Waals surface area contributed by atoms with Crippen LogP contribution in [0.2, 0.25) is 0 Å². The van der Waals surface area contributed by atoms with Crippen LogP contribution in [-0.4, -0.2) is 23.8 Å². The molecule has 1 fully saturated rings. The van der Waals surface area contributed by atoms with E-state index in [4.69, 9.17) is 4.74 Å². The summed E-state index contributed by atoms with van der Waals surface area (Å²) in [6, 6.07) is 7.61. The van der Waals surface area contributed by atoms with Crippen molar-refractivity contribution in [2.45, 2.75) is 78.1 Å². The Morgan fingerprint density at radius 1 is 1.17 bits per heavy atom. The van der Waals surface area contributed by atoms with Crippen molar-refractivity contribution >= 4 is 6.09 Å². The molecule has 1 atom stereocenters. The SMILES string of the molecule is Cc1ccc(C(C)NC2CC(NC(=O)OC(C)(C)C)C2)cc1C. The van der Waals surface area contributed by atoms with Gasteiger partial charge in [0.15, 0.2) is 0 Å². The number of nitrogens with one attached hydrogen (secondary N) is 2. The average molecular weight is 318 g/mol. The number of hydrogen-bond donors (Lipinski definition) is 2. The van der Waals surface area contributed by atoms with Crippen LogP contribution in [0.4, 0.5) is 4.79 Å². The molecule has 0 spiro atoms. The fraction of sp³-hybridized carbons (Fsp3) is 0.632. The molecule has 23 heavy (non-hydrogen) atoms. The Hall–Kier alpha value is -1.55. The Kier molecular flexibility index (Phi) is 5.35. The van der Waals surface area contributed by atoms with E-state index in [0.717, 1.165) is 12.8 Å². The van der Waals surface area contributed by atoms with Crippen molar-refractivity contribution in [3.63, 3.8) is 0 Å². The van der Waals surface area contributed by atoms with Gasteiger partial charge in [-0.25, -0.2) is 4.79 Å². The summed E-state index contributed by atoms with van der Waals surface area (Å²) in [5, 5.41) is 6.57. The molecule has 1 amide bonds. The summed E-state index contributed by atoms with van der Waals surface area (Å²) in [6.07, 6.45) is 1.59. The first kappa shape index (κ1) is 17.8. The molecule has 2 N–H and O–H groups in total. The summed E-state index contributed by atoms with van der Waals surface area (Å²) >= 11 is 0. The summed E-state index contributed by atoms with van der Waals surface area (Å²) in [5.74, 6) is 0. The third-order valence-corrected chi connectivity index (χ3v) is 4.38. The normalized spacial score (nSPS) is 22.2. The van der Waals surface area contributed by atoms with E-state index in [1.165, 1.54) is 16.7 Å². The predicted molar refractivity (Wildman–Crippen MR) is 93.6 cm³/mol. The van der Waals surface area contributed by atoms with E-state index in [1.807, 2.05) is 20.8 Å². The zero-order chi connectivity index (χ0) is 17.2. The van der Waals surface area contributed by atoms with Gasteiger partial charge in [-0.1, -0.05) is 18.2 Å². The minimum Gasteiger partial charge on any atom is -0.444 e. The second kappa shape index (κ2) is 6.91. The molecule has 1 aliphatic carbocycles. The lowest BCUT2D eigenvalue weighted by molar-refractivity contribution is 0.0463. The monoisotopic (exact) mass is 318 g/mol. The Morgan fingerprint density at radius 2 is 1.83 bits per heavy atom. The molecule has 128 valence electrons. The molecular weight excluding hydrogens is 288 g/mol. The molecule has 0 radical (unpaired) electrons. The summed E-state index contributed by atoms with van der Waals surface area (Å²) < 4.78 is 5.28. The highest BCUT2D eigenvalue weighted by atomic mass is 16.6. The first-order chi connectivity index (χ1) is 10.6. The molecule has 1 unspecified atom stereocenters. The van der Waals surface area contributed by atoms with E-state index < -0.39 is 5.60 Å². The smallest absolute Gasteiger partial charge is 0.407 e. The molecule has 4 heteroatoms. The lowest BCUT2D eigenvalue weighted by Gasteiger charge is -2.38. The van der Waals surface area contributed by atoms with E-state index in [9.17, 15) is 4.79 Å². The number of alkyl carbamates (subject to hydrolysis) is 1. The Labute approximate surface area is 140 Å². The third-order valence-electron chi connectivity index (χ3n) is 4.38. The van der Waals surface area contributed by atoms with Gasteiger partial charge in [0, 0.05) is 18.1 Å². The van der Waals surface area contributed by atoms with Crippen molar-refractivity contribution in [2.24, 2.45) is 0 Å². The number of benzene rings is 1. The van der Waals surface area contributed by atoms with E-state index in [1.54, 1.807) is 0 Å². The molecule has 1 aromatic rings. The number of aryl methyl sites for hydroxylation is 2. The first-order valence-electron chi connectivity index (χ1n) is 8.47. The van der Waals surface area contributed by atoms with Crippen LogP contribution in [0.15, 0.2) is 18.2 Å². The van der Waals surface area contributed by atoms with Gasteiger partial charge >= 0.3 is 6.09 Å². The molecule has 4 nitrogen and oxygen atoms in total. The minimum atomic E-state index is -0.441. The average Bonchev–Trinajstić information content (AvgIpc) is 2.37. The topological polar surface area (TPSA) is 50.4 Å². The lowest BCUT2D eigenvalue weighted by Crippen LogP contribution is -2.53. The van der Waals surface area contributed by atoms with Crippen LogP contribution in [0.1, 0.15) is 63.3 Å². The molecule has 0 aromatic heterocycles. The Morgan fingerprint density at radius 3 is 2.39 bits per heavy atom. The van der Waals surface area contributed by atoms with Crippen molar-refractivity contribution in [1.29, 1.82) is 0 Å². The maximum Gasteiger partial charge on any atom is 0.407 e. The van der Waals surface area contributed by atoms with Crippen LogP contribution in [0.5, 0.6) is 0 Å². The molecule has 0 aliphatic heterocycles. The van der Waals surface area contributed by atoms with E-state index in [2.05, 4.69) is 49.6 Å². The number of carbonyl (C=O) groups excluding carboxylic acids is 1. The standard InChI is InChI=1S/C19H30N2O2/c1-12-7-8-15(9-13(12)2)14(3)20-16-10-17(11-16)21-18(22)23-19(4,5)6/h7-9,14,16-17,20H,10-11H2,1-6H3,(H,21,22). The van der Waals surface area contributed by atoms with Gasteiger partial charge in [-0.2, -0.15) is 0 Å². The molecule has 1 aliphatic rings. The van der Waals surface area contributed by atoms with Crippen LogP contribution in [-0.2, 0) is 4.74 Å². The predicted octanol–water partition coefficient (Wildman–Crippen LogP) is 4.01. The van der Waals surface area contributed by atoms with Gasteiger partial charge in [-0.15, -0.1) is 0 Å². The van der Waals surface area contributed by atoms with Gasteiger partial charge in [-0.05, 0) is 71.1 Å². The van der Waals surface area contributed by atoms with Crippen molar-refractivity contribution in [2.75, 3.05) is 0 Å². The summed E-state index contributed by atoms with van der Waals surface area (Å²) in [7, 11) is 0. The summed E-state index contributed by atoms with van der Waals surface area (Å²) in [4.78, 5) is 11.7. The van der Waals surface area contributed by atoms with E-state index >= 15 is 0 Å². The molecule has 0 bridgehead atoms. The highest BCUT2D eigenvalue weighted by molar-refractivity contribution is 5.68. The maximum absolute atomic E-state index is 11.7. The number of carbonyl (C=O) groups is 1. The molecule has 2 rings (SSSR count). The Balaban J connectivity index is 1.75. The Bertz CT molecular complexity index is 557. The minimum absolute atomic E-state index is 0.217. The quantitative estimate of drug-likeness (QED) is 0.882. The fourth-order valence-corrected chi connectivity index (χ4v) is 2.83. The highest BCUT2D eigenvalue weighted by Gasteiger charge is 2.32. The lowest BCUT2D eigenvalue weighted by atomic mass is 9.86. The van der Waals surface area contributed by atoms with E-state index in [0.29, 0.717) is 12.1 Å². The van der Waals surface area contributed by atoms with Crippen LogP contribution in [0.25, 0.3) is 0 Å². The third kappa shape index (κ3) is 5.24. The van der Waals surface area contributed by atoms with Crippen LogP contribution in [0, 0.1) is 13.8 Å². The molecule has 0 saturated heterocycles. The molecule has 1 aromatic carbocycles.